The number of aliphatic hydroxyl groups excluding tert-OH is 3. The number of carbonyl (C=O) groups excluding carboxylic acids is 1. The number of rotatable bonds is 21. The lowest BCUT2D eigenvalue weighted by Gasteiger charge is -2.30. The van der Waals surface area contributed by atoms with Crippen LogP contribution in [0.2, 0.25) is 0 Å². The largest absolute Gasteiger partial charge is 0.394 e. The predicted octanol–water partition coefficient (Wildman–Crippen LogP) is 2.33. The molecule has 5 atom stereocenters. The number of carbonyl (C=O) groups is 1. The third-order valence-corrected chi connectivity index (χ3v) is 7.11. The van der Waals surface area contributed by atoms with E-state index in [0.717, 1.165) is 57.8 Å². The summed E-state index contributed by atoms with van der Waals surface area (Å²) in [5.74, 6) is 0.816. The quantitative estimate of drug-likeness (QED) is 0.145. The van der Waals surface area contributed by atoms with Gasteiger partial charge < -0.3 is 25.1 Å². The predicted molar refractivity (Wildman–Crippen MR) is 140 cm³/mol. The number of amides is 1. The van der Waals surface area contributed by atoms with Crippen molar-refractivity contribution in [3.8, 4) is 0 Å². The van der Waals surface area contributed by atoms with Gasteiger partial charge in [0, 0.05) is 20.5 Å². The van der Waals surface area contributed by atoms with Crippen molar-refractivity contribution in [1.29, 1.82) is 0 Å². The van der Waals surface area contributed by atoms with Crippen LogP contribution < -0.4 is 5.32 Å². The van der Waals surface area contributed by atoms with Gasteiger partial charge in [-0.15, -0.1) is 0 Å². The molecule has 0 aromatic heterocycles. The zero-order valence-electron chi connectivity index (χ0n) is 23.2. The normalized spacial score (nSPS) is 16.5. The van der Waals surface area contributed by atoms with Crippen LogP contribution in [0.4, 0.5) is 0 Å². The summed E-state index contributed by atoms with van der Waals surface area (Å²) in [7, 11) is 3.59. The van der Waals surface area contributed by atoms with Gasteiger partial charge in [-0.2, -0.15) is 0 Å². The molecule has 0 aromatic rings. The zero-order valence-corrected chi connectivity index (χ0v) is 23.2. The molecule has 0 radical (unpaired) electrons. The van der Waals surface area contributed by atoms with Crippen LogP contribution in [0.15, 0.2) is 0 Å². The average Bonchev–Trinajstić information content (AvgIpc) is 2.81. The number of hydrogen-bond acceptors (Lipinski definition) is 7. The van der Waals surface area contributed by atoms with Crippen LogP contribution in [0.1, 0.15) is 79.6 Å². The Morgan fingerprint density at radius 3 is 2.12 bits per heavy atom. The van der Waals surface area contributed by atoms with E-state index < -0.39 is 12.3 Å². The topological polar surface area (TPSA) is 99.5 Å². The molecular weight excluding hydrogens is 432 g/mol. The van der Waals surface area contributed by atoms with Crippen LogP contribution in [0.5, 0.6) is 0 Å². The van der Waals surface area contributed by atoms with Gasteiger partial charge in [-0.1, -0.05) is 40.5 Å². The Morgan fingerprint density at radius 1 is 0.941 bits per heavy atom. The second-order valence-electron chi connectivity index (χ2n) is 10.1. The van der Waals surface area contributed by atoms with Gasteiger partial charge in [0.15, 0.2) is 0 Å². The van der Waals surface area contributed by atoms with Crippen LogP contribution in [-0.2, 0) is 4.79 Å². The van der Waals surface area contributed by atoms with Crippen LogP contribution in [0.25, 0.3) is 0 Å². The summed E-state index contributed by atoms with van der Waals surface area (Å²) < 4.78 is 0. The van der Waals surface area contributed by atoms with E-state index in [4.69, 9.17) is 0 Å². The van der Waals surface area contributed by atoms with Crippen LogP contribution in [-0.4, -0.2) is 108 Å². The SMILES string of the molecule is CCCC(C)CCN(CCCCN(C)C(O)C(C)CC)CCCNC(O)C(CO)N(C)C(C)=O. The Morgan fingerprint density at radius 2 is 1.56 bits per heavy atom. The molecule has 0 fully saturated rings. The number of hydrogen-bond donors (Lipinski definition) is 4. The maximum absolute atomic E-state index is 11.5. The van der Waals surface area contributed by atoms with Crippen molar-refractivity contribution >= 4 is 5.91 Å². The molecule has 34 heavy (non-hydrogen) atoms. The third kappa shape index (κ3) is 14.0. The summed E-state index contributed by atoms with van der Waals surface area (Å²) in [6.07, 6.45) is 6.33. The van der Waals surface area contributed by atoms with Crippen molar-refractivity contribution in [2.45, 2.75) is 98.1 Å². The first kappa shape index (κ1) is 33.2. The molecule has 0 aliphatic rings. The van der Waals surface area contributed by atoms with Crippen LogP contribution in [0, 0.1) is 11.8 Å². The standard InChI is InChI=1S/C26H56N4O4/c1-8-13-21(3)14-19-30(17-11-10-16-28(6)26(34)22(4)9-2)18-12-15-27-25(33)24(20-31)29(7)23(5)32/h21-22,24-27,31,33-34H,8-20H2,1-7H3. The number of nitrogens with zero attached hydrogens (tertiary/aromatic N) is 3. The summed E-state index contributed by atoms with van der Waals surface area (Å²) in [6.45, 7) is 14.5. The van der Waals surface area contributed by atoms with E-state index in [1.807, 2.05) is 7.05 Å². The lowest BCUT2D eigenvalue weighted by molar-refractivity contribution is -0.133. The van der Waals surface area contributed by atoms with Gasteiger partial charge in [0.2, 0.25) is 5.91 Å². The number of unbranched alkanes of at least 4 members (excludes halogenated alkanes) is 1. The summed E-state index contributed by atoms with van der Waals surface area (Å²) in [5.41, 5.74) is 0. The van der Waals surface area contributed by atoms with E-state index in [0.29, 0.717) is 6.54 Å². The van der Waals surface area contributed by atoms with Crippen LogP contribution in [0.3, 0.4) is 0 Å². The Hall–Kier alpha value is -0.770. The zero-order chi connectivity index (χ0) is 26.1. The van der Waals surface area contributed by atoms with E-state index in [1.165, 1.54) is 31.1 Å². The molecule has 0 heterocycles. The van der Waals surface area contributed by atoms with Gasteiger partial charge in [-0.3, -0.25) is 15.0 Å². The van der Waals surface area contributed by atoms with Gasteiger partial charge >= 0.3 is 0 Å². The van der Waals surface area contributed by atoms with Gasteiger partial charge in [0.1, 0.15) is 12.5 Å². The third-order valence-electron chi connectivity index (χ3n) is 7.11. The highest BCUT2D eigenvalue weighted by Crippen LogP contribution is 2.13. The molecule has 8 heteroatoms. The van der Waals surface area contributed by atoms with Crippen molar-refractivity contribution in [3.05, 3.63) is 0 Å². The van der Waals surface area contributed by atoms with E-state index >= 15 is 0 Å². The molecule has 8 nitrogen and oxygen atoms in total. The number of nitrogens with one attached hydrogen (secondary N) is 1. The fourth-order valence-electron chi connectivity index (χ4n) is 4.21. The Balaban J connectivity index is 4.55. The molecular formula is C26H56N4O4. The second kappa shape index (κ2) is 19.4. The van der Waals surface area contributed by atoms with E-state index in [1.54, 1.807) is 7.05 Å². The smallest absolute Gasteiger partial charge is 0.219 e. The first-order valence-corrected chi connectivity index (χ1v) is 13.4. The second-order valence-corrected chi connectivity index (χ2v) is 10.1. The van der Waals surface area contributed by atoms with E-state index in [-0.39, 0.29) is 24.7 Å². The fourth-order valence-corrected chi connectivity index (χ4v) is 4.21. The van der Waals surface area contributed by atoms with E-state index in [2.05, 4.69) is 42.8 Å². The summed E-state index contributed by atoms with van der Waals surface area (Å²) in [4.78, 5) is 17.5. The molecule has 0 aliphatic heterocycles. The lowest BCUT2D eigenvalue weighted by atomic mass is 10.0. The minimum absolute atomic E-state index is 0.186. The van der Waals surface area contributed by atoms with Gasteiger partial charge in [-0.05, 0) is 77.2 Å². The fraction of sp³-hybridized carbons (Fsp3) is 0.962. The molecule has 0 aromatic carbocycles. The summed E-state index contributed by atoms with van der Waals surface area (Å²) >= 11 is 0. The van der Waals surface area contributed by atoms with Crippen molar-refractivity contribution in [2.75, 3.05) is 53.4 Å². The van der Waals surface area contributed by atoms with E-state index in [9.17, 15) is 20.1 Å². The molecule has 0 aliphatic carbocycles. The molecule has 0 bridgehead atoms. The number of likely N-dealkylation sites (N-methyl/N-ethyl adjacent to an activating group) is 1. The first-order valence-electron chi connectivity index (χ1n) is 13.4. The molecule has 1 amide bonds. The Labute approximate surface area is 209 Å². The molecule has 0 saturated heterocycles. The highest BCUT2D eigenvalue weighted by molar-refractivity contribution is 5.73. The Kier molecular flexibility index (Phi) is 19.0. The maximum atomic E-state index is 11.5. The first-order chi connectivity index (χ1) is 16.1. The van der Waals surface area contributed by atoms with Crippen LogP contribution >= 0.6 is 0 Å². The molecule has 0 rings (SSSR count). The highest BCUT2D eigenvalue weighted by Gasteiger charge is 2.24. The van der Waals surface area contributed by atoms with Crippen molar-refractivity contribution < 1.29 is 20.1 Å². The minimum Gasteiger partial charge on any atom is -0.394 e. The molecule has 5 unspecified atom stereocenters. The average molecular weight is 489 g/mol. The molecule has 204 valence electrons. The monoisotopic (exact) mass is 488 g/mol. The van der Waals surface area contributed by atoms with Crippen molar-refractivity contribution in [3.63, 3.8) is 0 Å². The minimum atomic E-state index is -0.954. The maximum Gasteiger partial charge on any atom is 0.219 e. The van der Waals surface area contributed by atoms with Gasteiger partial charge in [0.25, 0.3) is 0 Å². The van der Waals surface area contributed by atoms with Crippen molar-refractivity contribution in [1.82, 2.24) is 20.0 Å². The molecule has 0 saturated carbocycles. The molecule has 4 N–H and O–H groups in total. The lowest BCUT2D eigenvalue weighted by Crippen LogP contribution is -2.52. The van der Waals surface area contributed by atoms with Gasteiger partial charge in [-0.25, -0.2) is 0 Å². The number of aliphatic hydroxyl groups is 3. The Bertz CT molecular complexity index is 511. The summed E-state index contributed by atoms with van der Waals surface area (Å²) in [5, 5.41) is 33.3. The molecule has 0 spiro atoms. The van der Waals surface area contributed by atoms with Crippen molar-refractivity contribution in [2.24, 2.45) is 11.8 Å². The highest BCUT2D eigenvalue weighted by atomic mass is 16.3. The van der Waals surface area contributed by atoms with Gasteiger partial charge in [0.05, 0.1) is 12.6 Å². The summed E-state index contributed by atoms with van der Waals surface area (Å²) in [6, 6.07) is -0.647.